The molecule has 0 fully saturated rings. The Hall–Kier alpha value is -0.690. The summed E-state index contributed by atoms with van der Waals surface area (Å²) in [4.78, 5) is 0. The molecule has 0 aromatic carbocycles. The summed E-state index contributed by atoms with van der Waals surface area (Å²) in [5, 5.41) is 5.21. The lowest BCUT2D eigenvalue weighted by atomic mass is 10.4. The first-order valence-corrected chi connectivity index (χ1v) is 8.42. The van der Waals surface area contributed by atoms with Crippen LogP contribution >= 0.6 is 11.8 Å². The number of hydrogen-bond acceptors (Lipinski definition) is 5. The summed E-state index contributed by atoms with van der Waals surface area (Å²) in [6.07, 6.45) is 1.24. The number of nitrogens with zero attached hydrogens (tertiary/aromatic N) is 2. The number of aromatic nitrogens is 2. The summed E-state index contributed by atoms with van der Waals surface area (Å²) in [6, 6.07) is 0.215. The molecular weight excluding hydrogens is 258 g/mol. The molecule has 0 aliphatic carbocycles. The minimum absolute atomic E-state index is 0.152. The third-order valence-electron chi connectivity index (χ3n) is 2.27. The van der Waals surface area contributed by atoms with Crippen LogP contribution in [0.5, 0.6) is 0 Å². The van der Waals surface area contributed by atoms with Gasteiger partial charge in [0.2, 0.25) is 0 Å². The van der Waals surface area contributed by atoms with E-state index < -0.39 is 9.84 Å². The number of aryl methyl sites for hydroxylation is 1. The molecule has 0 bridgehead atoms. The Morgan fingerprint density at radius 3 is 2.53 bits per heavy atom. The summed E-state index contributed by atoms with van der Waals surface area (Å²) >= 11 is 1.45. The van der Waals surface area contributed by atoms with E-state index in [9.17, 15) is 8.42 Å². The standard InChI is InChI=1S/C10H19N3O2S2/c1-7(2)13-10(9(11)8(3)12-13)16-5-6-17(4,14)15/h7H,5-6,11H2,1-4H3. The SMILES string of the molecule is Cc1nn(C(C)C)c(SCCS(C)(=O)=O)c1N. The molecule has 1 heterocycles. The Morgan fingerprint density at radius 1 is 1.47 bits per heavy atom. The number of thioether (sulfide) groups is 1. The maximum atomic E-state index is 11.1. The number of hydrogen-bond donors (Lipinski definition) is 1. The van der Waals surface area contributed by atoms with Crippen LogP contribution in [0.25, 0.3) is 0 Å². The van der Waals surface area contributed by atoms with E-state index in [1.807, 2.05) is 25.5 Å². The van der Waals surface area contributed by atoms with Gasteiger partial charge in [-0.2, -0.15) is 5.10 Å². The number of nitrogens with two attached hydrogens (primary N) is 1. The van der Waals surface area contributed by atoms with E-state index in [1.165, 1.54) is 18.0 Å². The largest absolute Gasteiger partial charge is 0.395 e. The zero-order chi connectivity index (χ0) is 13.2. The van der Waals surface area contributed by atoms with Gasteiger partial charge in [0.1, 0.15) is 14.9 Å². The molecule has 0 saturated heterocycles. The lowest BCUT2D eigenvalue weighted by Gasteiger charge is -2.10. The summed E-state index contributed by atoms with van der Waals surface area (Å²) < 4.78 is 24.0. The molecule has 0 spiro atoms. The molecule has 0 aliphatic heterocycles. The normalized spacial score (nSPS) is 12.3. The molecule has 0 unspecified atom stereocenters. The molecule has 1 aromatic heterocycles. The molecule has 98 valence electrons. The minimum atomic E-state index is -2.92. The van der Waals surface area contributed by atoms with Crippen LogP contribution < -0.4 is 5.73 Å². The van der Waals surface area contributed by atoms with Crippen LogP contribution in [0.3, 0.4) is 0 Å². The van der Waals surface area contributed by atoms with Crippen LogP contribution in [0.4, 0.5) is 5.69 Å². The van der Waals surface area contributed by atoms with Crippen LogP contribution in [0.2, 0.25) is 0 Å². The van der Waals surface area contributed by atoms with Gasteiger partial charge in [-0.25, -0.2) is 8.42 Å². The highest BCUT2D eigenvalue weighted by Crippen LogP contribution is 2.30. The van der Waals surface area contributed by atoms with Crippen molar-refractivity contribution in [3.8, 4) is 0 Å². The summed E-state index contributed by atoms with van der Waals surface area (Å²) in [5.41, 5.74) is 7.38. The quantitative estimate of drug-likeness (QED) is 0.825. The van der Waals surface area contributed by atoms with Gasteiger partial charge in [0, 0.05) is 18.1 Å². The minimum Gasteiger partial charge on any atom is -0.395 e. The molecule has 0 radical (unpaired) electrons. The second kappa shape index (κ2) is 5.30. The molecule has 2 N–H and O–H groups in total. The maximum Gasteiger partial charge on any atom is 0.148 e. The lowest BCUT2D eigenvalue weighted by Crippen LogP contribution is -2.08. The highest BCUT2D eigenvalue weighted by molar-refractivity contribution is 8.00. The number of nitrogen functional groups attached to an aromatic ring is 1. The van der Waals surface area contributed by atoms with Crippen molar-refractivity contribution in [2.75, 3.05) is 23.5 Å². The first kappa shape index (κ1) is 14.4. The van der Waals surface area contributed by atoms with Gasteiger partial charge < -0.3 is 5.73 Å². The van der Waals surface area contributed by atoms with Crippen molar-refractivity contribution in [1.82, 2.24) is 9.78 Å². The van der Waals surface area contributed by atoms with Gasteiger partial charge in [-0.05, 0) is 20.8 Å². The third kappa shape index (κ3) is 3.92. The molecule has 7 heteroatoms. The van der Waals surface area contributed by atoms with Crippen molar-refractivity contribution < 1.29 is 8.42 Å². The van der Waals surface area contributed by atoms with Gasteiger partial charge in [-0.15, -0.1) is 11.8 Å². The number of rotatable bonds is 5. The average molecular weight is 277 g/mol. The van der Waals surface area contributed by atoms with Gasteiger partial charge in [-0.3, -0.25) is 4.68 Å². The van der Waals surface area contributed by atoms with Crippen molar-refractivity contribution >= 4 is 27.3 Å². The number of anilines is 1. The van der Waals surface area contributed by atoms with E-state index in [0.29, 0.717) is 11.4 Å². The zero-order valence-corrected chi connectivity index (χ0v) is 12.2. The fourth-order valence-corrected chi connectivity index (χ4v) is 3.75. The fraction of sp³-hybridized carbons (Fsp3) is 0.700. The van der Waals surface area contributed by atoms with Crippen LogP contribution in [0, 0.1) is 6.92 Å². The highest BCUT2D eigenvalue weighted by atomic mass is 32.2. The molecule has 0 amide bonds. The van der Waals surface area contributed by atoms with Crippen LogP contribution in [-0.4, -0.2) is 36.0 Å². The van der Waals surface area contributed by atoms with Crippen molar-refractivity contribution in [2.24, 2.45) is 0 Å². The molecule has 0 aliphatic rings. The average Bonchev–Trinajstić information content (AvgIpc) is 2.44. The first-order chi connectivity index (χ1) is 7.72. The predicted octanol–water partition coefficient (Wildman–Crippen LogP) is 1.49. The topological polar surface area (TPSA) is 78.0 Å². The Labute approximate surface area is 107 Å². The highest BCUT2D eigenvalue weighted by Gasteiger charge is 2.15. The van der Waals surface area contributed by atoms with Gasteiger partial charge in [0.15, 0.2) is 0 Å². The Balaban J connectivity index is 2.83. The molecule has 17 heavy (non-hydrogen) atoms. The van der Waals surface area contributed by atoms with E-state index in [2.05, 4.69) is 5.10 Å². The van der Waals surface area contributed by atoms with Crippen LogP contribution in [-0.2, 0) is 9.84 Å². The summed E-state index contributed by atoms with van der Waals surface area (Å²) in [5.74, 6) is 0.653. The van der Waals surface area contributed by atoms with E-state index in [4.69, 9.17) is 5.73 Å². The van der Waals surface area contributed by atoms with Crippen molar-refractivity contribution in [2.45, 2.75) is 31.8 Å². The van der Waals surface area contributed by atoms with Gasteiger partial charge >= 0.3 is 0 Å². The Bertz CT molecular complexity index is 492. The number of sulfone groups is 1. The van der Waals surface area contributed by atoms with E-state index in [1.54, 1.807) is 0 Å². The van der Waals surface area contributed by atoms with Crippen molar-refractivity contribution in [1.29, 1.82) is 0 Å². The second-order valence-electron chi connectivity index (χ2n) is 4.32. The lowest BCUT2D eigenvalue weighted by molar-refractivity contribution is 0.491. The van der Waals surface area contributed by atoms with Crippen molar-refractivity contribution in [3.05, 3.63) is 5.69 Å². The molecule has 1 rings (SSSR count). The smallest absolute Gasteiger partial charge is 0.148 e. The van der Waals surface area contributed by atoms with Gasteiger partial charge in [0.05, 0.1) is 17.1 Å². The van der Waals surface area contributed by atoms with Crippen LogP contribution in [0.15, 0.2) is 5.03 Å². The second-order valence-corrected chi connectivity index (χ2v) is 7.66. The Kier molecular flexibility index (Phi) is 4.48. The zero-order valence-electron chi connectivity index (χ0n) is 10.6. The van der Waals surface area contributed by atoms with E-state index in [-0.39, 0.29) is 11.8 Å². The maximum absolute atomic E-state index is 11.1. The van der Waals surface area contributed by atoms with Gasteiger partial charge in [-0.1, -0.05) is 0 Å². The molecule has 1 aromatic rings. The molecular formula is C10H19N3O2S2. The molecule has 0 saturated carbocycles. The van der Waals surface area contributed by atoms with Crippen molar-refractivity contribution in [3.63, 3.8) is 0 Å². The first-order valence-electron chi connectivity index (χ1n) is 5.37. The van der Waals surface area contributed by atoms with Crippen LogP contribution in [0.1, 0.15) is 25.6 Å². The summed E-state index contributed by atoms with van der Waals surface area (Å²) in [7, 11) is -2.92. The molecule has 0 atom stereocenters. The monoisotopic (exact) mass is 277 g/mol. The molecule has 5 nitrogen and oxygen atoms in total. The van der Waals surface area contributed by atoms with E-state index in [0.717, 1.165) is 10.7 Å². The fourth-order valence-electron chi connectivity index (χ4n) is 1.32. The van der Waals surface area contributed by atoms with Gasteiger partial charge in [0.25, 0.3) is 0 Å². The predicted molar refractivity (Wildman–Crippen MR) is 72.2 cm³/mol. The Morgan fingerprint density at radius 2 is 2.06 bits per heavy atom. The third-order valence-corrected chi connectivity index (χ3v) is 4.56. The van der Waals surface area contributed by atoms with E-state index >= 15 is 0 Å². The summed E-state index contributed by atoms with van der Waals surface area (Å²) in [6.45, 7) is 5.90.